The van der Waals surface area contributed by atoms with E-state index in [2.05, 4.69) is 10.6 Å². The third kappa shape index (κ3) is 4.22. The number of nitrogens with one attached hydrogen (secondary N) is 2. The number of methoxy groups -OCH3 is 2. The highest BCUT2D eigenvalue weighted by molar-refractivity contribution is 6.01. The van der Waals surface area contributed by atoms with Gasteiger partial charge in [0.25, 0.3) is 0 Å². The van der Waals surface area contributed by atoms with Crippen LogP contribution < -0.4 is 25.8 Å². The number of nitrogens with two attached hydrogens (primary N) is 1. The molecule has 1 aliphatic carbocycles. The van der Waals surface area contributed by atoms with Crippen LogP contribution in [0.3, 0.4) is 0 Å². The van der Waals surface area contributed by atoms with Crippen molar-refractivity contribution in [3.8, 4) is 11.5 Å². The number of hydrogen-bond acceptors (Lipinski definition) is 5. The Balaban J connectivity index is 2.17. The summed E-state index contributed by atoms with van der Waals surface area (Å²) in [7, 11) is 3.09. The first kappa shape index (κ1) is 19.1. The highest BCUT2D eigenvalue weighted by Crippen LogP contribution is 2.33. The van der Waals surface area contributed by atoms with E-state index in [1.54, 1.807) is 32.2 Å². The summed E-state index contributed by atoms with van der Waals surface area (Å²) in [6.07, 6.45) is 3.04. The molecule has 1 aromatic carbocycles. The lowest BCUT2D eigenvalue weighted by molar-refractivity contribution is -0.132. The Morgan fingerprint density at radius 1 is 1.20 bits per heavy atom. The monoisotopic (exact) mass is 349 g/mol. The molecule has 0 saturated heterocycles. The van der Waals surface area contributed by atoms with E-state index in [9.17, 15) is 9.59 Å². The molecule has 1 aromatic rings. The number of rotatable bonds is 7. The summed E-state index contributed by atoms with van der Waals surface area (Å²) in [5, 5.41) is 5.82. The van der Waals surface area contributed by atoms with Crippen molar-refractivity contribution < 1.29 is 19.1 Å². The van der Waals surface area contributed by atoms with Crippen LogP contribution in [0.1, 0.15) is 32.6 Å². The fraction of sp³-hybridized carbons (Fsp3) is 0.556. The smallest absolute Gasteiger partial charge is 0.250 e. The van der Waals surface area contributed by atoms with E-state index in [0.29, 0.717) is 30.0 Å². The summed E-state index contributed by atoms with van der Waals surface area (Å²) in [5.41, 5.74) is 5.27. The lowest BCUT2D eigenvalue weighted by atomic mass is 9.94. The molecule has 0 spiro atoms. The van der Waals surface area contributed by atoms with Crippen molar-refractivity contribution in [1.82, 2.24) is 5.32 Å². The Morgan fingerprint density at radius 2 is 1.84 bits per heavy atom. The van der Waals surface area contributed by atoms with E-state index in [0.717, 1.165) is 12.8 Å². The summed E-state index contributed by atoms with van der Waals surface area (Å²) in [4.78, 5) is 25.2. The van der Waals surface area contributed by atoms with Gasteiger partial charge >= 0.3 is 0 Å². The van der Waals surface area contributed by atoms with E-state index < -0.39 is 5.54 Å². The number of carbonyl (C=O) groups is 2. The van der Waals surface area contributed by atoms with Gasteiger partial charge in [-0.05, 0) is 25.0 Å². The molecule has 2 rings (SSSR count). The fourth-order valence-electron chi connectivity index (χ4n) is 3.02. The van der Waals surface area contributed by atoms with Crippen LogP contribution in [0.25, 0.3) is 0 Å². The van der Waals surface area contributed by atoms with Crippen molar-refractivity contribution in [3.63, 3.8) is 0 Å². The Labute approximate surface area is 148 Å². The van der Waals surface area contributed by atoms with Crippen LogP contribution in [-0.2, 0) is 9.59 Å². The van der Waals surface area contributed by atoms with Crippen molar-refractivity contribution in [2.45, 2.75) is 38.1 Å². The molecule has 25 heavy (non-hydrogen) atoms. The quantitative estimate of drug-likeness (QED) is 0.695. The van der Waals surface area contributed by atoms with E-state index >= 15 is 0 Å². The van der Waals surface area contributed by atoms with Crippen LogP contribution in [0.2, 0.25) is 0 Å². The number of anilines is 1. The van der Waals surface area contributed by atoms with E-state index in [-0.39, 0.29) is 24.3 Å². The minimum Gasteiger partial charge on any atom is -0.493 e. The fourth-order valence-corrected chi connectivity index (χ4v) is 3.02. The first-order valence-corrected chi connectivity index (χ1v) is 8.51. The molecule has 1 unspecified atom stereocenters. The second kappa shape index (κ2) is 8.20. The maximum atomic E-state index is 12.9. The summed E-state index contributed by atoms with van der Waals surface area (Å²) in [6, 6.07) is 5.17. The number of ether oxygens (including phenoxy) is 2. The molecule has 0 aliphatic heterocycles. The van der Waals surface area contributed by atoms with Gasteiger partial charge in [0.15, 0.2) is 11.5 Å². The number of benzene rings is 1. The molecule has 1 saturated carbocycles. The van der Waals surface area contributed by atoms with Crippen LogP contribution in [0.4, 0.5) is 5.69 Å². The average Bonchev–Trinajstić information content (AvgIpc) is 3.10. The van der Waals surface area contributed by atoms with Crippen LogP contribution in [0.15, 0.2) is 18.2 Å². The Morgan fingerprint density at radius 3 is 2.40 bits per heavy atom. The standard InChI is InChI=1S/C18H27N3O4/c1-12(11-19)16(22)21-18(8-4-5-9-18)17(23)20-13-6-7-14(24-2)15(10-13)25-3/h6-7,10,12H,4-5,8-9,11,19H2,1-3H3,(H,20,23)(H,21,22). The highest BCUT2D eigenvalue weighted by Gasteiger charge is 2.43. The van der Waals surface area contributed by atoms with E-state index in [4.69, 9.17) is 15.2 Å². The van der Waals surface area contributed by atoms with E-state index in [1.807, 2.05) is 0 Å². The normalized spacial score (nSPS) is 16.8. The summed E-state index contributed by atoms with van der Waals surface area (Å²) >= 11 is 0. The highest BCUT2D eigenvalue weighted by atomic mass is 16.5. The molecule has 0 radical (unpaired) electrons. The van der Waals surface area contributed by atoms with Gasteiger partial charge in [-0.2, -0.15) is 0 Å². The molecule has 2 amide bonds. The van der Waals surface area contributed by atoms with Gasteiger partial charge in [0, 0.05) is 24.2 Å². The summed E-state index contributed by atoms with van der Waals surface area (Å²) in [5.74, 6) is 0.385. The van der Waals surface area contributed by atoms with Crippen molar-refractivity contribution in [1.29, 1.82) is 0 Å². The molecule has 0 heterocycles. The van der Waals surface area contributed by atoms with Crippen LogP contribution in [0, 0.1) is 5.92 Å². The zero-order valence-electron chi connectivity index (χ0n) is 15.1. The lowest BCUT2D eigenvalue weighted by Crippen LogP contribution is -2.56. The number of amides is 2. The van der Waals surface area contributed by atoms with Gasteiger partial charge in [-0.1, -0.05) is 19.8 Å². The van der Waals surface area contributed by atoms with Gasteiger partial charge in [-0.3, -0.25) is 9.59 Å². The minimum absolute atomic E-state index is 0.188. The predicted octanol–water partition coefficient (Wildman–Crippen LogP) is 1.67. The molecule has 1 fully saturated rings. The second-order valence-electron chi connectivity index (χ2n) is 6.44. The summed E-state index contributed by atoms with van der Waals surface area (Å²) < 4.78 is 10.5. The van der Waals surface area contributed by atoms with Gasteiger partial charge in [0.1, 0.15) is 5.54 Å². The van der Waals surface area contributed by atoms with Crippen molar-refractivity contribution in [3.05, 3.63) is 18.2 Å². The van der Waals surface area contributed by atoms with E-state index in [1.165, 1.54) is 7.11 Å². The second-order valence-corrected chi connectivity index (χ2v) is 6.44. The molecule has 7 nitrogen and oxygen atoms in total. The molecule has 0 bridgehead atoms. The van der Waals surface area contributed by atoms with Crippen LogP contribution in [0.5, 0.6) is 11.5 Å². The Hall–Kier alpha value is -2.28. The molecule has 4 N–H and O–H groups in total. The zero-order chi connectivity index (χ0) is 18.4. The minimum atomic E-state index is -0.881. The molecule has 7 heteroatoms. The van der Waals surface area contributed by atoms with Gasteiger partial charge in [0.05, 0.1) is 14.2 Å². The Kier molecular flexibility index (Phi) is 6.25. The largest absolute Gasteiger partial charge is 0.493 e. The van der Waals surface area contributed by atoms with Crippen LogP contribution >= 0.6 is 0 Å². The van der Waals surface area contributed by atoms with Crippen molar-refractivity contribution in [2.75, 3.05) is 26.1 Å². The van der Waals surface area contributed by atoms with Gasteiger partial charge in [-0.15, -0.1) is 0 Å². The van der Waals surface area contributed by atoms with Gasteiger partial charge in [-0.25, -0.2) is 0 Å². The number of hydrogen-bond donors (Lipinski definition) is 3. The van der Waals surface area contributed by atoms with Crippen molar-refractivity contribution >= 4 is 17.5 Å². The summed E-state index contributed by atoms with van der Waals surface area (Å²) in [6.45, 7) is 2.00. The third-order valence-electron chi connectivity index (χ3n) is 4.70. The average molecular weight is 349 g/mol. The number of carbonyl (C=O) groups excluding carboxylic acids is 2. The Bertz CT molecular complexity index is 627. The molecule has 138 valence electrons. The van der Waals surface area contributed by atoms with Crippen molar-refractivity contribution in [2.24, 2.45) is 11.7 Å². The predicted molar refractivity (Wildman–Crippen MR) is 95.7 cm³/mol. The topological polar surface area (TPSA) is 103 Å². The zero-order valence-corrected chi connectivity index (χ0v) is 15.1. The molecular formula is C18H27N3O4. The van der Waals surface area contributed by atoms with Gasteiger partial charge < -0.3 is 25.8 Å². The SMILES string of the molecule is COc1ccc(NC(=O)C2(NC(=O)C(C)CN)CCCC2)cc1OC. The maximum absolute atomic E-state index is 12.9. The first-order chi connectivity index (χ1) is 12.0. The molecule has 1 atom stereocenters. The molecule has 0 aromatic heterocycles. The third-order valence-corrected chi connectivity index (χ3v) is 4.70. The van der Waals surface area contributed by atoms with Gasteiger partial charge in [0.2, 0.25) is 11.8 Å². The maximum Gasteiger partial charge on any atom is 0.250 e. The molecular weight excluding hydrogens is 322 g/mol. The lowest BCUT2D eigenvalue weighted by Gasteiger charge is -2.30. The first-order valence-electron chi connectivity index (χ1n) is 8.51. The van der Waals surface area contributed by atoms with Crippen LogP contribution in [-0.4, -0.2) is 38.1 Å². The molecule has 1 aliphatic rings.